The van der Waals surface area contributed by atoms with E-state index in [1.54, 1.807) is 0 Å². The van der Waals surface area contributed by atoms with Gasteiger partial charge in [-0.2, -0.15) is 0 Å². The number of carbonyl (C=O) groups excluding carboxylic acids is 1. The molecule has 94 valence electrons. The molecule has 0 amide bonds. The molecule has 6 heteroatoms. The fourth-order valence-electron chi connectivity index (χ4n) is 1.30. The first-order valence-corrected chi connectivity index (χ1v) is 5.72. The lowest BCUT2D eigenvalue weighted by atomic mass is 10.0. The highest BCUT2D eigenvalue weighted by atomic mass is 35.5. The summed E-state index contributed by atoms with van der Waals surface area (Å²) in [6.45, 7) is 0. The van der Waals surface area contributed by atoms with Crippen LogP contribution in [0, 0.1) is 0 Å². The van der Waals surface area contributed by atoms with Crippen LogP contribution in [0.1, 0.15) is 22.0 Å². The summed E-state index contributed by atoms with van der Waals surface area (Å²) in [4.78, 5) is 11.3. The first kappa shape index (κ1) is 14.3. The van der Waals surface area contributed by atoms with Gasteiger partial charge in [0, 0.05) is 0 Å². The molecule has 0 radical (unpaired) electrons. The van der Waals surface area contributed by atoms with Crippen LogP contribution < -0.4 is 0 Å². The van der Waals surface area contributed by atoms with Gasteiger partial charge in [0.15, 0.2) is 0 Å². The summed E-state index contributed by atoms with van der Waals surface area (Å²) in [5, 5.41) is 19.2. The first-order chi connectivity index (χ1) is 8.01. The van der Waals surface area contributed by atoms with Crippen LogP contribution in [0.3, 0.4) is 0 Å². The molecule has 17 heavy (non-hydrogen) atoms. The second-order valence-electron chi connectivity index (χ2n) is 3.40. The van der Waals surface area contributed by atoms with E-state index in [4.69, 9.17) is 23.2 Å². The van der Waals surface area contributed by atoms with Crippen LogP contribution in [0.4, 0.5) is 0 Å². The molecule has 0 aliphatic carbocycles. The quantitative estimate of drug-likeness (QED) is 0.651. The fourth-order valence-corrected chi connectivity index (χ4v) is 1.73. The Balaban J connectivity index is 3.00. The molecule has 0 aliphatic rings. The summed E-state index contributed by atoms with van der Waals surface area (Å²) in [6.07, 6.45) is -2.23. The van der Waals surface area contributed by atoms with Crippen molar-refractivity contribution < 1.29 is 19.7 Å². The average Bonchev–Trinajstić information content (AvgIpc) is 2.35. The number of benzene rings is 1. The van der Waals surface area contributed by atoms with Crippen molar-refractivity contribution in [3.8, 4) is 0 Å². The normalized spacial score (nSPS) is 14.2. The molecule has 1 aromatic rings. The molecule has 2 unspecified atom stereocenters. The van der Waals surface area contributed by atoms with Gasteiger partial charge in [0.25, 0.3) is 0 Å². The van der Waals surface area contributed by atoms with E-state index >= 15 is 0 Å². The lowest BCUT2D eigenvalue weighted by Gasteiger charge is -2.16. The van der Waals surface area contributed by atoms with Crippen LogP contribution in [0.25, 0.3) is 0 Å². The molecule has 0 heterocycles. The average molecular weight is 279 g/mol. The second kappa shape index (κ2) is 6.21. The van der Waals surface area contributed by atoms with Crippen LogP contribution in [-0.4, -0.2) is 35.3 Å². The van der Waals surface area contributed by atoms with Crippen molar-refractivity contribution in [2.75, 3.05) is 13.0 Å². The molecule has 0 fully saturated rings. The minimum absolute atomic E-state index is 0.0997. The molecule has 4 nitrogen and oxygen atoms in total. The van der Waals surface area contributed by atoms with Gasteiger partial charge in [0.1, 0.15) is 6.10 Å². The van der Waals surface area contributed by atoms with Crippen molar-refractivity contribution in [2.45, 2.75) is 12.2 Å². The maximum absolute atomic E-state index is 11.3. The number of hydrogen-bond acceptors (Lipinski definition) is 4. The Bertz CT molecular complexity index is 408. The fraction of sp³-hybridized carbons (Fsp3) is 0.364. The number of methoxy groups -OCH3 is 1. The number of halogens is 2. The third kappa shape index (κ3) is 3.33. The lowest BCUT2D eigenvalue weighted by molar-refractivity contribution is 0.0327. The Morgan fingerprint density at radius 2 is 2.12 bits per heavy atom. The Labute approximate surface area is 109 Å². The number of ether oxygens (including phenoxy) is 1. The van der Waals surface area contributed by atoms with Crippen molar-refractivity contribution in [1.29, 1.82) is 0 Å². The molecule has 0 saturated heterocycles. The lowest BCUT2D eigenvalue weighted by Crippen LogP contribution is -2.19. The molecule has 2 N–H and O–H groups in total. The molecular formula is C11H12Cl2O4. The number of esters is 1. The molecular weight excluding hydrogens is 267 g/mol. The summed E-state index contributed by atoms with van der Waals surface area (Å²) >= 11 is 11.3. The van der Waals surface area contributed by atoms with E-state index in [0.29, 0.717) is 5.56 Å². The minimum Gasteiger partial charge on any atom is -0.465 e. The van der Waals surface area contributed by atoms with Crippen molar-refractivity contribution in [2.24, 2.45) is 0 Å². The Morgan fingerprint density at radius 1 is 1.47 bits per heavy atom. The van der Waals surface area contributed by atoms with Gasteiger partial charge in [-0.3, -0.25) is 0 Å². The van der Waals surface area contributed by atoms with E-state index in [9.17, 15) is 15.0 Å². The minimum atomic E-state index is -1.14. The Kier molecular flexibility index (Phi) is 5.21. The highest BCUT2D eigenvalue weighted by Gasteiger charge is 2.19. The summed E-state index contributed by atoms with van der Waals surface area (Å²) < 4.78 is 4.53. The predicted molar refractivity (Wildman–Crippen MR) is 64.5 cm³/mol. The zero-order valence-corrected chi connectivity index (χ0v) is 10.6. The molecule has 0 spiro atoms. The van der Waals surface area contributed by atoms with Crippen molar-refractivity contribution in [3.63, 3.8) is 0 Å². The Morgan fingerprint density at radius 3 is 2.59 bits per heavy atom. The van der Waals surface area contributed by atoms with Gasteiger partial charge < -0.3 is 14.9 Å². The summed E-state index contributed by atoms with van der Waals surface area (Å²) in [6, 6.07) is 4.31. The van der Waals surface area contributed by atoms with Crippen molar-refractivity contribution in [3.05, 3.63) is 34.3 Å². The van der Waals surface area contributed by atoms with Crippen molar-refractivity contribution in [1.82, 2.24) is 0 Å². The zero-order chi connectivity index (χ0) is 13.0. The molecule has 1 rings (SSSR count). The van der Waals surface area contributed by atoms with Gasteiger partial charge in [0.05, 0.1) is 29.7 Å². The predicted octanol–water partition coefficient (Wildman–Crippen LogP) is 1.76. The number of aliphatic hydroxyl groups excluding tert-OH is 2. The number of aliphatic hydroxyl groups is 2. The van der Waals surface area contributed by atoms with Gasteiger partial charge in [-0.1, -0.05) is 17.7 Å². The van der Waals surface area contributed by atoms with E-state index < -0.39 is 18.2 Å². The van der Waals surface area contributed by atoms with E-state index in [-0.39, 0.29) is 16.5 Å². The topological polar surface area (TPSA) is 66.8 Å². The monoisotopic (exact) mass is 278 g/mol. The zero-order valence-electron chi connectivity index (χ0n) is 9.06. The van der Waals surface area contributed by atoms with Crippen LogP contribution in [0.15, 0.2) is 18.2 Å². The van der Waals surface area contributed by atoms with Crippen molar-refractivity contribution >= 4 is 29.2 Å². The molecule has 1 aromatic carbocycles. The number of carbonyl (C=O) groups is 1. The third-order valence-corrected chi connectivity index (χ3v) is 2.89. The van der Waals surface area contributed by atoms with E-state index in [1.165, 1.54) is 25.3 Å². The molecule has 0 saturated carbocycles. The maximum Gasteiger partial charge on any atom is 0.339 e. The van der Waals surface area contributed by atoms with Gasteiger partial charge in [0.2, 0.25) is 0 Å². The number of rotatable bonds is 4. The van der Waals surface area contributed by atoms with E-state index in [0.717, 1.165) is 0 Å². The van der Waals surface area contributed by atoms with Gasteiger partial charge in [-0.25, -0.2) is 4.79 Å². The number of alkyl halides is 1. The summed E-state index contributed by atoms with van der Waals surface area (Å²) in [5.74, 6) is -0.661. The Hall–Kier alpha value is -0.810. The van der Waals surface area contributed by atoms with E-state index in [1.807, 2.05) is 0 Å². The standard InChI is InChI=1S/C11H12Cl2O4/c1-17-11(16)7-3-2-6(4-8(7)13)10(15)9(14)5-12/h2-4,9-10,14-15H,5H2,1H3. The molecule has 0 aromatic heterocycles. The van der Waals surface area contributed by atoms with Gasteiger partial charge in [-0.15, -0.1) is 11.6 Å². The molecule has 2 atom stereocenters. The first-order valence-electron chi connectivity index (χ1n) is 4.81. The molecule has 0 bridgehead atoms. The molecule has 0 aliphatic heterocycles. The largest absolute Gasteiger partial charge is 0.465 e. The maximum atomic E-state index is 11.3. The van der Waals surface area contributed by atoms with Gasteiger partial charge >= 0.3 is 5.97 Å². The summed E-state index contributed by atoms with van der Waals surface area (Å²) in [7, 11) is 1.25. The van der Waals surface area contributed by atoms with Crippen LogP contribution in [0.5, 0.6) is 0 Å². The van der Waals surface area contributed by atoms with Gasteiger partial charge in [-0.05, 0) is 17.7 Å². The number of hydrogen-bond donors (Lipinski definition) is 2. The van der Waals surface area contributed by atoms with Crippen LogP contribution in [0.2, 0.25) is 5.02 Å². The van der Waals surface area contributed by atoms with E-state index in [2.05, 4.69) is 4.74 Å². The summed E-state index contributed by atoms with van der Waals surface area (Å²) in [5.41, 5.74) is 0.585. The van der Waals surface area contributed by atoms with Crippen LogP contribution in [-0.2, 0) is 4.74 Å². The smallest absolute Gasteiger partial charge is 0.339 e. The third-order valence-electron chi connectivity index (χ3n) is 2.26. The highest BCUT2D eigenvalue weighted by molar-refractivity contribution is 6.33. The SMILES string of the molecule is COC(=O)c1ccc(C(O)C(O)CCl)cc1Cl. The second-order valence-corrected chi connectivity index (χ2v) is 4.11. The van der Waals surface area contributed by atoms with Crippen LogP contribution >= 0.6 is 23.2 Å². The highest BCUT2D eigenvalue weighted by Crippen LogP contribution is 2.24.